The fourth-order valence-corrected chi connectivity index (χ4v) is 4.09. The van der Waals surface area contributed by atoms with Crippen LogP contribution in [0.3, 0.4) is 0 Å². The third kappa shape index (κ3) is 3.06. The first-order chi connectivity index (χ1) is 11.4. The minimum Gasteiger partial charge on any atom is -0.497 e. The molecule has 4 rings (SSSR count). The van der Waals surface area contributed by atoms with Crippen molar-refractivity contribution in [3.8, 4) is 5.75 Å². The van der Waals surface area contributed by atoms with E-state index in [9.17, 15) is 0 Å². The smallest absolute Gasteiger partial charge is 0.118 e. The Kier molecular flexibility index (Phi) is 5.21. The number of rotatable bonds is 3. The summed E-state index contributed by atoms with van der Waals surface area (Å²) in [6, 6.07) is 9.11. The van der Waals surface area contributed by atoms with E-state index in [1.807, 2.05) is 12.4 Å². The Morgan fingerprint density at radius 2 is 1.92 bits per heavy atom. The summed E-state index contributed by atoms with van der Waals surface area (Å²) in [6.45, 7) is 3.18. The van der Waals surface area contributed by atoms with E-state index >= 15 is 0 Å². The summed E-state index contributed by atoms with van der Waals surface area (Å²) in [5.74, 6) is 2.06. The lowest BCUT2D eigenvalue weighted by atomic mass is 9.82. The van der Waals surface area contributed by atoms with E-state index in [1.54, 1.807) is 13.4 Å². The summed E-state index contributed by atoms with van der Waals surface area (Å²) in [4.78, 5) is 10.9. The molecule has 128 valence electrons. The maximum atomic E-state index is 5.29. The molecule has 24 heavy (non-hydrogen) atoms. The van der Waals surface area contributed by atoms with Crippen molar-refractivity contribution in [1.29, 1.82) is 0 Å². The van der Waals surface area contributed by atoms with Crippen molar-refractivity contribution in [3.05, 3.63) is 48.5 Å². The Morgan fingerprint density at radius 1 is 1.17 bits per heavy atom. The Labute approximate surface area is 148 Å². The summed E-state index contributed by atoms with van der Waals surface area (Å²) in [5, 5.41) is 3.57. The molecule has 3 heterocycles. The van der Waals surface area contributed by atoms with E-state index in [0.717, 1.165) is 31.1 Å². The van der Waals surface area contributed by atoms with Crippen LogP contribution >= 0.6 is 12.4 Å². The lowest BCUT2D eigenvalue weighted by Crippen LogP contribution is -2.44. The molecule has 1 N–H and O–H groups in total. The van der Waals surface area contributed by atoms with E-state index in [2.05, 4.69) is 44.5 Å². The third-order valence-corrected chi connectivity index (χ3v) is 5.22. The van der Waals surface area contributed by atoms with E-state index in [-0.39, 0.29) is 12.4 Å². The molecule has 1 aromatic heterocycles. The summed E-state index contributed by atoms with van der Waals surface area (Å²) in [6.07, 6.45) is 6.64. The number of benzene rings is 1. The van der Waals surface area contributed by atoms with Crippen molar-refractivity contribution < 1.29 is 4.74 Å². The molecular weight excluding hydrogens is 324 g/mol. The molecule has 2 aliphatic rings. The van der Waals surface area contributed by atoms with E-state index in [1.165, 1.54) is 12.0 Å². The molecule has 2 aromatic rings. The Bertz CT molecular complexity index is 652. The second-order valence-corrected chi connectivity index (χ2v) is 6.35. The fraction of sp³-hybridized carbons (Fsp3) is 0.444. The largest absolute Gasteiger partial charge is 0.497 e. The normalized spacial score (nSPS) is 25.7. The highest BCUT2D eigenvalue weighted by molar-refractivity contribution is 5.85. The van der Waals surface area contributed by atoms with Crippen LogP contribution in [-0.4, -0.2) is 42.8 Å². The molecule has 0 radical (unpaired) electrons. The van der Waals surface area contributed by atoms with Crippen LogP contribution in [0.25, 0.3) is 0 Å². The van der Waals surface area contributed by atoms with Gasteiger partial charge in [0.05, 0.1) is 25.2 Å². The zero-order valence-electron chi connectivity index (χ0n) is 13.8. The minimum atomic E-state index is 0. The van der Waals surface area contributed by atoms with Crippen molar-refractivity contribution in [2.45, 2.75) is 18.4 Å². The first kappa shape index (κ1) is 17.0. The quantitative estimate of drug-likeness (QED) is 0.925. The van der Waals surface area contributed by atoms with Crippen LogP contribution in [0, 0.1) is 5.92 Å². The number of aromatic nitrogens is 2. The van der Waals surface area contributed by atoms with E-state index in [0.29, 0.717) is 17.9 Å². The second kappa shape index (κ2) is 7.36. The molecule has 0 amide bonds. The van der Waals surface area contributed by atoms with Gasteiger partial charge in [0, 0.05) is 31.0 Å². The van der Waals surface area contributed by atoms with E-state index < -0.39 is 0 Å². The fourth-order valence-electron chi connectivity index (χ4n) is 4.09. The summed E-state index contributed by atoms with van der Waals surface area (Å²) >= 11 is 0. The number of hydrogen-bond donors (Lipinski definition) is 1. The van der Waals surface area contributed by atoms with Crippen LogP contribution in [0.15, 0.2) is 43.0 Å². The highest BCUT2D eigenvalue weighted by atomic mass is 35.5. The molecule has 0 unspecified atom stereocenters. The molecule has 6 heteroatoms. The maximum absolute atomic E-state index is 5.29. The Hall–Kier alpha value is -1.85. The standard InChI is InChI=1S/C18H22N4O.ClH/c1-23-15-4-2-13(3-5-15)17-11-22(14-8-20-12-21-9-14)18-6-7-19-10-16(17)18;/h2-5,8-9,12,16-19H,6-7,10-11H2,1H3;1H/t16-,17-,18-;/m1./s1. The average Bonchev–Trinajstić information content (AvgIpc) is 3.02. The second-order valence-electron chi connectivity index (χ2n) is 6.35. The summed E-state index contributed by atoms with van der Waals surface area (Å²) in [7, 11) is 1.71. The molecule has 0 aliphatic carbocycles. The van der Waals surface area contributed by atoms with Crippen molar-refractivity contribution in [2.24, 2.45) is 5.92 Å². The number of hydrogen-bond acceptors (Lipinski definition) is 5. The van der Waals surface area contributed by atoms with Gasteiger partial charge in [-0.25, -0.2) is 9.97 Å². The van der Waals surface area contributed by atoms with Gasteiger partial charge < -0.3 is 15.0 Å². The lowest BCUT2D eigenvalue weighted by molar-refractivity contribution is 0.338. The van der Waals surface area contributed by atoms with Gasteiger partial charge in [-0.1, -0.05) is 12.1 Å². The predicted molar refractivity (Wildman–Crippen MR) is 97.1 cm³/mol. The van der Waals surface area contributed by atoms with Crippen molar-refractivity contribution in [1.82, 2.24) is 15.3 Å². The molecule has 2 saturated heterocycles. The molecule has 0 bridgehead atoms. The molecule has 0 spiro atoms. The highest BCUT2D eigenvalue weighted by Crippen LogP contribution is 2.41. The van der Waals surface area contributed by atoms with Gasteiger partial charge in [0.25, 0.3) is 0 Å². The van der Waals surface area contributed by atoms with Crippen molar-refractivity contribution >= 4 is 18.1 Å². The number of fused-ring (bicyclic) bond motifs is 1. The van der Waals surface area contributed by atoms with Crippen LogP contribution in [0.5, 0.6) is 5.75 Å². The number of nitrogens with one attached hydrogen (secondary N) is 1. The minimum absolute atomic E-state index is 0. The average molecular weight is 347 g/mol. The molecule has 5 nitrogen and oxygen atoms in total. The van der Waals surface area contributed by atoms with Gasteiger partial charge in [0.1, 0.15) is 12.1 Å². The Morgan fingerprint density at radius 3 is 2.62 bits per heavy atom. The lowest BCUT2D eigenvalue weighted by Gasteiger charge is -2.33. The summed E-state index contributed by atoms with van der Waals surface area (Å²) < 4.78 is 5.29. The van der Waals surface area contributed by atoms with Crippen LogP contribution < -0.4 is 15.0 Å². The maximum Gasteiger partial charge on any atom is 0.118 e. The molecule has 2 aliphatic heterocycles. The van der Waals surface area contributed by atoms with Gasteiger partial charge in [-0.3, -0.25) is 0 Å². The molecule has 3 atom stereocenters. The topological polar surface area (TPSA) is 50.3 Å². The van der Waals surface area contributed by atoms with Crippen molar-refractivity contribution in [3.63, 3.8) is 0 Å². The van der Waals surface area contributed by atoms with Crippen LogP contribution in [0.4, 0.5) is 5.69 Å². The van der Waals surface area contributed by atoms with Crippen LogP contribution in [0.1, 0.15) is 17.9 Å². The number of methoxy groups -OCH3 is 1. The zero-order valence-corrected chi connectivity index (χ0v) is 14.6. The third-order valence-electron chi connectivity index (χ3n) is 5.22. The monoisotopic (exact) mass is 346 g/mol. The van der Waals surface area contributed by atoms with Crippen LogP contribution in [0.2, 0.25) is 0 Å². The van der Waals surface area contributed by atoms with Crippen LogP contribution in [-0.2, 0) is 0 Å². The first-order valence-corrected chi connectivity index (χ1v) is 8.23. The number of halogens is 1. The van der Waals surface area contributed by atoms with Crippen molar-refractivity contribution in [2.75, 3.05) is 31.6 Å². The predicted octanol–water partition coefficient (Wildman–Crippen LogP) is 2.49. The van der Waals surface area contributed by atoms with E-state index in [4.69, 9.17) is 4.74 Å². The SMILES string of the molecule is COc1ccc([C@H]2CN(c3cncnc3)[C@@H]3CCNC[C@H]23)cc1.Cl. The number of nitrogens with zero attached hydrogens (tertiary/aromatic N) is 3. The Balaban J connectivity index is 0.00000169. The number of ether oxygens (including phenoxy) is 1. The molecular formula is C18H23ClN4O. The summed E-state index contributed by atoms with van der Waals surface area (Å²) in [5.41, 5.74) is 2.53. The number of anilines is 1. The van der Waals surface area contributed by atoms with Gasteiger partial charge in [0.15, 0.2) is 0 Å². The first-order valence-electron chi connectivity index (χ1n) is 8.23. The molecule has 2 fully saturated rings. The van der Waals surface area contributed by atoms with Gasteiger partial charge in [-0.15, -0.1) is 12.4 Å². The van der Waals surface area contributed by atoms with Gasteiger partial charge in [0.2, 0.25) is 0 Å². The van der Waals surface area contributed by atoms with Gasteiger partial charge in [-0.2, -0.15) is 0 Å². The van der Waals surface area contributed by atoms with Gasteiger partial charge in [-0.05, 0) is 30.7 Å². The van der Waals surface area contributed by atoms with Gasteiger partial charge >= 0.3 is 0 Å². The molecule has 1 aromatic carbocycles. The molecule has 0 saturated carbocycles. The highest BCUT2D eigenvalue weighted by Gasteiger charge is 2.43. The zero-order chi connectivity index (χ0) is 15.6. The number of piperidine rings is 1.